The van der Waals surface area contributed by atoms with Crippen molar-refractivity contribution >= 4 is 46.4 Å². The van der Waals surface area contributed by atoms with Crippen LogP contribution in [0.1, 0.15) is 22.8 Å². The van der Waals surface area contributed by atoms with E-state index in [4.69, 9.17) is 0 Å². The first-order valence-electron chi connectivity index (χ1n) is 7.96. The number of aromatic nitrogens is 4. The molecule has 0 aromatic carbocycles. The topological polar surface area (TPSA) is 57.4 Å². The summed E-state index contributed by atoms with van der Waals surface area (Å²) in [4.78, 5) is 15.3. The second-order valence-electron chi connectivity index (χ2n) is 5.99. The minimum absolute atomic E-state index is 0.312. The molecule has 25 heavy (non-hydrogen) atoms. The fourth-order valence-corrected chi connectivity index (χ4v) is 2.97. The minimum Gasteiger partial charge on any atom is -0.355 e. The molecule has 4 nitrogen and oxygen atoms in total. The Bertz CT molecular complexity index is 1210. The van der Waals surface area contributed by atoms with E-state index in [0.717, 1.165) is 27.9 Å². The molecule has 0 saturated heterocycles. The Morgan fingerprint density at radius 2 is 1.28 bits per heavy atom. The number of nitrogens with zero attached hydrogens (tertiary/aromatic N) is 2. The Labute approximate surface area is 142 Å². The van der Waals surface area contributed by atoms with Crippen LogP contribution in [0.25, 0.3) is 46.4 Å². The summed E-state index contributed by atoms with van der Waals surface area (Å²) in [5.41, 5.74) is 5.77. The van der Waals surface area contributed by atoms with Gasteiger partial charge >= 0.3 is 0 Å². The van der Waals surface area contributed by atoms with Crippen molar-refractivity contribution in [2.24, 2.45) is 0 Å². The number of hydrogen-bond acceptors (Lipinski definition) is 2. The van der Waals surface area contributed by atoms with E-state index in [-0.39, 0.29) is 5.82 Å². The van der Waals surface area contributed by atoms with Gasteiger partial charge in [0.2, 0.25) is 0 Å². The maximum atomic E-state index is 14.7. The summed E-state index contributed by atoms with van der Waals surface area (Å²) in [7, 11) is 0. The molecule has 3 aromatic heterocycles. The van der Waals surface area contributed by atoms with E-state index in [1.807, 2.05) is 48.6 Å². The standard InChI is InChI=1S/C20H13FN4/c21-20-18-7-5-16(24-18)10-14-3-1-12(22-14)9-13-2-4-15(23-13)11-17-6-8-19(20)25-17/h1-11,22,24H. The van der Waals surface area contributed by atoms with Crippen molar-refractivity contribution in [3.8, 4) is 0 Å². The van der Waals surface area contributed by atoms with Crippen LogP contribution in [-0.4, -0.2) is 19.9 Å². The summed E-state index contributed by atoms with van der Waals surface area (Å²) >= 11 is 0. The van der Waals surface area contributed by atoms with Gasteiger partial charge in [-0.1, -0.05) is 0 Å². The Kier molecular flexibility index (Phi) is 2.94. The van der Waals surface area contributed by atoms with Crippen molar-refractivity contribution in [3.63, 3.8) is 0 Å². The molecule has 120 valence electrons. The van der Waals surface area contributed by atoms with Gasteiger partial charge < -0.3 is 9.97 Å². The van der Waals surface area contributed by atoms with Crippen LogP contribution < -0.4 is 0 Å². The molecule has 0 atom stereocenters. The highest BCUT2D eigenvalue weighted by atomic mass is 19.1. The van der Waals surface area contributed by atoms with Crippen molar-refractivity contribution in [1.29, 1.82) is 0 Å². The van der Waals surface area contributed by atoms with E-state index in [9.17, 15) is 4.39 Å². The first-order valence-corrected chi connectivity index (χ1v) is 7.96. The van der Waals surface area contributed by atoms with Crippen LogP contribution in [0.3, 0.4) is 0 Å². The summed E-state index contributed by atoms with van der Waals surface area (Å²) in [6.45, 7) is 0. The molecule has 0 saturated carbocycles. The highest BCUT2D eigenvalue weighted by Crippen LogP contribution is 2.19. The van der Waals surface area contributed by atoms with Crippen LogP contribution >= 0.6 is 0 Å². The molecule has 0 amide bonds. The van der Waals surface area contributed by atoms with Gasteiger partial charge in [-0.15, -0.1) is 0 Å². The summed E-state index contributed by atoms with van der Waals surface area (Å²) in [5.74, 6) is -0.372. The van der Waals surface area contributed by atoms with E-state index < -0.39 is 0 Å². The van der Waals surface area contributed by atoms with Gasteiger partial charge in [-0.25, -0.2) is 14.4 Å². The summed E-state index contributed by atoms with van der Waals surface area (Å²) in [6, 6.07) is 13.3. The number of nitrogens with one attached hydrogen (secondary N) is 2. The van der Waals surface area contributed by atoms with E-state index in [1.54, 1.807) is 18.2 Å². The highest BCUT2D eigenvalue weighted by molar-refractivity contribution is 5.77. The van der Waals surface area contributed by atoms with Gasteiger partial charge in [-0.3, -0.25) is 0 Å². The fourth-order valence-electron chi connectivity index (χ4n) is 2.97. The van der Waals surface area contributed by atoms with Crippen LogP contribution in [0.5, 0.6) is 0 Å². The fraction of sp³-hybridized carbons (Fsp3) is 0. The zero-order chi connectivity index (χ0) is 16.8. The number of hydrogen-bond donors (Lipinski definition) is 2. The number of rotatable bonds is 0. The maximum Gasteiger partial charge on any atom is 0.172 e. The normalized spacial score (nSPS) is 12.7. The van der Waals surface area contributed by atoms with Gasteiger partial charge in [-0.2, -0.15) is 0 Å². The van der Waals surface area contributed by atoms with Gasteiger partial charge in [0.05, 0.1) is 22.6 Å². The van der Waals surface area contributed by atoms with Gasteiger partial charge in [0, 0.05) is 16.6 Å². The Morgan fingerprint density at radius 1 is 0.640 bits per heavy atom. The summed E-state index contributed by atoms with van der Waals surface area (Å²) < 4.78 is 14.7. The maximum absolute atomic E-state index is 14.7. The summed E-state index contributed by atoms with van der Waals surface area (Å²) in [5, 5.41) is 0. The molecule has 0 spiro atoms. The SMILES string of the molecule is Fc1c2nc(cc3nc(cc4ccc(cc5ccc1[nH]5)[nH]4)C=C3)C=C2. The zero-order valence-electron chi connectivity index (χ0n) is 13.1. The molecule has 8 bridgehead atoms. The third-order valence-electron chi connectivity index (χ3n) is 4.16. The van der Waals surface area contributed by atoms with Gasteiger partial charge in [0.25, 0.3) is 0 Å². The van der Waals surface area contributed by atoms with Gasteiger partial charge in [0.1, 0.15) is 5.69 Å². The smallest absolute Gasteiger partial charge is 0.172 e. The number of aromatic amines is 2. The third-order valence-corrected chi connectivity index (χ3v) is 4.16. The van der Waals surface area contributed by atoms with E-state index in [1.165, 1.54) is 0 Å². The zero-order valence-corrected chi connectivity index (χ0v) is 13.1. The van der Waals surface area contributed by atoms with Crippen LogP contribution in [0, 0.1) is 5.82 Å². The lowest BCUT2D eigenvalue weighted by Crippen LogP contribution is -1.83. The average Bonchev–Trinajstić information content (AvgIpc) is 3.36. The van der Waals surface area contributed by atoms with Crippen LogP contribution in [0.15, 0.2) is 42.5 Å². The lowest BCUT2D eigenvalue weighted by Gasteiger charge is -1.89. The quantitative estimate of drug-likeness (QED) is 0.429. The molecule has 2 aliphatic heterocycles. The molecule has 5 heteroatoms. The first kappa shape index (κ1) is 13.9. The number of halogens is 1. The molecular weight excluding hydrogens is 315 g/mol. The number of fused-ring (bicyclic) bond motifs is 8. The molecule has 0 unspecified atom stereocenters. The van der Waals surface area contributed by atoms with E-state index in [0.29, 0.717) is 16.9 Å². The molecule has 0 fully saturated rings. The Balaban J connectivity index is 1.88. The monoisotopic (exact) mass is 328 g/mol. The van der Waals surface area contributed by atoms with Crippen molar-refractivity contribution in [1.82, 2.24) is 19.9 Å². The van der Waals surface area contributed by atoms with Crippen LogP contribution in [0.4, 0.5) is 4.39 Å². The van der Waals surface area contributed by atoms with Crippen molar-refractivity contribution in [2.75, 3.05) is 0 Å². The molecule has 3 aromatic rings. The molecule has 2 N–H and O–H groups in total. The minimum atomic E-state index is -0.372. The molecule has 2 aliphatic rings. The highest BCUT2D eigenvalue weighted by Gasteiger charge is 2.07. The van der Waals surface area contributed by atoms with Crippen molar-refractivity contribution in [2.45, 2.75) is 0 Å². The first-order chi connectivity index (χ1) is 12.2. The summed E-state index contributed by atoms with van der Waals surface area (Å²) in [6.07, 6.45) is 7.33. The third kappa shape index (κ3) is 2.55. The largest absolute Gasteiger partial charge is 0.355 e. The molecule has 5 heterocycles. The second-order valence-corrected chi connectivity index (χ2v) is 5.99. The number of H-pyrrole nitrogens is 2. The molecule has 0 aliphatic carbocycles. The second kappa shape index (κ2) is 5.27. The molecule has 5 rings (SSSR count). The Morgan fingerprint density at radius 3 is 2.16 bits per heavy atom. The van der Waals surface area contributed by atoms with Gasteiger partial charge in [0.15, 0.2) is 5.82 Å². The van der Waals surface area contributed by atoms with Gasteiger partial charge in [-0.05, 0) is 66.8 Å². The van der Waals surface area contributed by atoms with E-state index >= 15 is 0 Å². The lowest BCUT2D eigenvalue weighted by atomic mass is 10.3. The van der Waals surface area contributed by atoms with Crippen molar-refractivity contribution in [3.05, 3.63) is 71.1 Å². The van der Waals surface area contributed by atoms with Crippen molar-refractivity contribution < 1.29 is 4.39 Å². The van der Waals surface area contributed by atoms with Crippen LogP contribution in [-0.2, 0) is 0 Å². The molecule has 0 radical (unpaired) electrons. The Hall–Kier alpha value is -3.47. The molecular formula is C20H13FN4. The predicted molar refractivity (Wildman–Crippen MR) is 98.8 cm³/mol. The lowest BCUT2D eigenvalue weighted by molar-refractivity contribution is 0.629. The van der Waals surface area contributed by atoms with Crippen LogP contribution in [0.2, 0.25) is 0 Å². The average molecular weight is 328 g/mol. The van der Waals surface area contributed by atoms with E-state index in [2.05, 4.69) is 19.9 Å². The predicted octanol–water partition coefficient (Wildman–Crippen LogP) is 4.79.